The number of aromatic nitrogens is 2. The molecule has 0 radical (unpaired) electrons. The van der Waals surface area contributed by atoms with E-state index in [0.717, 1.165) is 5.56 Å². The van der Waals surface area contributed by atoms with E-state index in [9.17, 15) is 9.18 Å². The average Bonchev–Trinajstić information content (AvgIpc) is 3.05. The van der Waals surface area contributed by atoms with Crippen LogP contribution in [0.4, 0.5) is 4.39 Å². The van der Waals surface area contributed by atoms with Crippen molar-refractivity contribution in [1.82, 2.24) is 10.1 Å². The van der Waals surface area contributed by atoms with E-state index >= 15 is 0 Å². The van der Waals surface area contributed by atoms with Crippen LogP contribution in [0.25, 0.3) is 11.4 Å². The lowest BCUT2D eigenvalue weighted by atomic mass is 10.2. The number of hydrogen-bond acceptors (Lipinski definition) is 5. The van der Waals surface area contributed by atoms with E-state index in [2.05, 4.69) is 10.1 Å². The van der Waals surface area contributed by atoms with Crippen molar-refractivity contribution in [3.05, 3.63) is 65.3 Å². The van der Waals surface area contributed by atoms with Gasteiger partial charge in [0.05, 0.1) is 6.42 Å². The molecule has 24 heavy (non-hydrogen) atoms. The summed E-state index contributed by atoms with van der Waals surface area (Å²) in [5, 5.41) is 4.48. The summed E-state index contributed by atoms with van der Waals surface area (Å²) in [6.45, 7) is 0. The van der Waals surface area contributed by atoms with E-state index < -0.39 is 11.8 Å². The summed E-state index contributed by atoms with van der Waals surface area (Å²) in [5.41, 5.74) is 0.767. The third-order valence-corrected chi connectivity index (χ3v) is 3.41. The van der Waals surface area contributed by atoms with Crippen molar-refractivity contribution in [2.45, 2.75) is 12.8 Å². The van der Waals surface area contributed by atoms with Gasteiger partial charge in [0, 0.05) is 17.0 Å². The Hall–Kier alpha value is -2.73. The van der Waals surface area contributed by atoms with Gasteiger partial charge in [0.1, 0.15) is 11.6 Å². The van der Waals surface area contributed by atoms with Crippen molar-refractivity contribution in [2.75, 3.05) is 0 Å². The fraction of sp³-hybridized carbons (Fsp3) is 0.118. The second-order valence-electron chi connectivity index (χ2n) is 4.95. The van der Waals surface area contributed by atoms with Crippen LogP contribution in [0.1, 0.15) is 12.3 Å². The van der Waals surface area contributed by atoms with Crippen LogP contribution in [-0.4, -0.2) is 16.1 Å². The molecule has 1 heterocycles. The van der Waals surface area contributed by atoms with Gasteiger partial charge in [-0.1, -0.05) is 16.8 Å². The minimum absolute atomic E-state index is 0.0691. The largest absolute Gasteiger partial charge is 0.427 e. The molecule has 0 N–H and O–H groups in total. The monoisotopic (exact) mass is 346 g/mol. The van der Waals surface area contributed by atoms with Crippen molar-refractivity contribution in [2.24, 2.45) is 0 Å². The Kier molecular flexibility index (Phi) is 4.86. The van der Waals surface area contributed by atoms with Crippen molar-refractivity contribution in [1.29, 1.82) is 0 Å². The molecule has 0 bridgehead atoms. The summed E-state index contributed by atoms with van der Waals surface area (Å²) < 4.78 is 23.0. The predicted molar refractivity (Wildman–Crippen MR) is 85.1 cm³/mol. The van der Waals surface area contributed by atoms with Gasteiger partial charge < -0.3 is 9.26 Å². The van der Waals surface area contributed by atoms with Gasteiger partial charge in [0.25, 0.3) is 0 Å². The number of nitrogens with zero attached hydrogens (tertiary/aromatic N) is 2. The summed E-state index contributed by atoms with van der Waals surface area (Å²) in [5.74, 6) is 0.182. The molecule has 0 unspecified atom stereocenters. The molecule has 0 saturated heterocycles. The van der Waals surface area contributed by atoms with Gasteiger partial charge in [-0.2, -0.15) is 4.98 Å². The smallest absolute Gasteiger partial charge is 0.311 e. The Morgan fingerprint density at radius 1 is 1.12 bits per heavy atom. The zero-order valence-corrected chi connectivity index (χ0v) is 13.2. The topological polar surface area (TPSA) is 65.2 Å². The maximum absolute atomic E-state index is 12.8. The lowest BCUT2D eigenvalue weighted by molar-refractivity contribution is -0.134. The molecule has 0 aliphatic rings. The van der Waals surface area contributed by atoms with Crippen molar-refractivity contribution in [3.63, 3.8) is 0 Å². The van der Waals surface area contributed by atoms with E-state index in [1.54, 1.807) is 24.3 Å². The molecule has 2 aromatic carbocycles. The predicted octanol–water partition coefficient (Wildman–Crippen LogP) is 4.07. The number of esters is 1. The number of ether oxygens (including phenoxy) is 1. The van der Waals surface area contributed by atoms with Gasteiger partial charge >= 0.3 is 5.97 Å². The molecule has 1 aromatic heterocycles. The Labute approximate surface area is 142 Å². The van der Waals surface area contributed by atoms with Crippen LogP contribution in [0.5, 0.6) is 5.75 Å². The molecule has 3 rings (SSSR count). The van der Waals surface area contributed by atoms with Crippen LogP contribution in [0.2, 0.25) is 5.02 Å². The summed E-state index contributed by atoms with van der Waals surface area (Å²) in [6, 6.07) is 12.2. The number of hydrogen-bond donors (Lipinski definition) is 0. The molecule has 0 aliphatic heterocycles. The number of carbonyl (C=O) groups excluding carboxylic acids is 1. The number of carbonyl (C=O) groups is 1. The minimum atomic E-state index is -0.465. The van der Waals surface area contributed by atoms with E-state index in [1.165, 1.54) is 24.3 Å². The highest BCUT2D eigenvalue weighted by Gasteiger charge is 2.12. The number of aryl methyl sites for hydroxylation is 1. The van der Waals surface area contributed by atoms with E-state index in [-0.39, 0.29) is 18.6 Å². The third kappa shape index (κ3) is 4.17. The first kappa shape index (κ1) is 16.1. The van der Waals surface area contributed by atoms with Crippen molar-refractivity contribution >= 4 is 17.6 Å². The summed E-state index contributed by atoms with van der Waals surface area (Å²) in [6.07, 6.45) is 0.320. The molecule has 0 atom stereocenters. The van der Waals surface area contributed by atoms with Crippen molar-refractivity contribution in [3.8, 4) is 17.1 Å². The van der Waals surface area contributed by atoms with E-state index in [0.29, 0.717) is 16.7 Å². The Morgan fingerprint density at radius 3 is 2.54 bits per heavy atom. The van der Waals surface area contributed by atoms with Crippen LogP contribution in [0.15, 0.2) is 53.1 Å². The number of halogens is 2. The van der Waals surface area contributed by atoms with E-state index in [4.69, 9.17) is 20.9 Å². The normalized spacial score (nSPS) is 10.6. The van der Waals surface area contributed by atoms with Crippen LogP contribution >= 0.6 is 11.6 Å². The zero-order valence-electron chi connectivity index (χ0n) is 12.4. The SMILES string of the molecule is O=C(CCc1nc(-c2ccc(Cl)cc2)no1)Oc1ccc(F)cc1. The molecule has 0 amide bonds. The molecule has 5 nitrogen and oxygen atoms in total. The number of benzene rings is 2. The lowest BCUT2D eigenvalue weighted by Crippen LogP contribution is -2.09. The summed E-state index contributed by atoms with van der Waals surface area (Å²) >= 11 is 5.83. The molecule has 7 heteroatoms. The van der Waals surface area contributed by atoms with Gasteiger partial charge in [-0.15, -0.1) is 0 Å². The highest BCUT2D eigenvalue weighted by molar-refractivity contribution is 6.30. The van der Waals surface area contributed by atoms with E-state index in [1.807, 2.05) is 0 Å². The molecule has 0 spiro atoms. The molecule has 0 fully saturated rings. The van der Waals surface area contributed by atoms with Crippen LogP contribution < -0.4 is 4.74 Å². The average molecular weight is 347 g/mol. The fourth-order valence-corrected chi connectivity index (χ4v) is 2.09. The summed E-state index contributed by atoms with van der Waals surface area (Å²) in [4.78, 5) is 16.0. The molecular weight excluding hydrogens is 335 g/mol. The van der Waals surface area contributed by atoms with Crippen molar-refractivity contribution < 1.29 is 18.4 Å². The third-order valence-electron chi connectivity index (χ3n) is 3.16. The molecule has 0 aliphatic carbocycles. The first-order valence-corrected chi connectivity index (χ1v) is 7.53. The second kappa shape index (κ2) is 7.23. The van der Waals surface area contributed by atoms with Gasteiger partial charge in [-0.25, -0.2) is 4.39 Å². The highest BCUT2D eigenvalue weighted by Crippen LogP contribution is 2.19. The standard InChI is InChI=1S/C17H12ClFN2O3/c18-12-3-1-11(2-4-12)17-20-15(24-21-17)9-10-16(22)23-14-7-5-13(19)6-8-14/h1-8H,9-10H2. The molecule has 3 aromatic rings. The quantitative estimate of drug-likeness (QED) is 0.514. The van der Waals surface area contributed by atoms with Gasteiger partial charge in [-0.05, 0) is 48.5 Å². The minimum Gasteiger partial charge on any atom is -0.427 e. The molecular formula is C17H12ClFN2O3. The second-order valence-corrected chi connectivity index (χ2v) is 5.38. The molecule has 0 saturated carbocycles. The lowest BCUT2D eigenvalue weighted by Gasteiger charge is -2.02. The Bertz CT molecular complexity index is 832. The van der Waals surface area contributed by atoms with Gasteiger partial charge in [0.15, 0.2) is 0 Å². The maximum Gasteiger partial charge on any atom is 0.311 e. The highest BCUT2D eigenvalue weighted by atomic mass is 35.5. The van der Waals surface area contributed by atoms with Crippen LogP contribution in [0, 0.1) is 5.82 Å². The van der Waals surface area contributed by atoms with Gasteiger partial charge in [0.2, 0.25) is 11.7 Å². The Morgan fingerprint density at radius 2 is 1.83 bits per heavy atom. The van der Waals surface area contributed by atoms with Crippen LogP contribution in [-0.2, 0) is 11.2 Å². The maximum atomic E-state index is 12.8. The number of rotatable bonds is 5. The van der Waals surface area contributed by atoms with Gasteiger partial charge in [-0.3, -0.25) is 4.79 Å². The fourth-order valence-electron chi connectivity index (χ4n) is 1.97. The molecule has 122 valence electrons. The van der Waals surface area contributed by atoms with Crippen LogP contribution in [0.3, 0.4) is 0 Å². The Balaban J connectivity index is 1.56. The first-order valence-electron chi connectivity index (χ1n) is 7.15. The summed E-state index contributed by atoms with van der Waals surface area (Å²) in [7, 11) is 0. The first-order chi connectivity index (χ1) is 11.6. The zero-order chi connectivity index (χ0) is 16.9.